The van der Waals surface area contributed by atoms with E-state index in [0.29, 0.717) is 6.04 Å². The Morgan fingerprint density at radius 3 is 2.92 bits per heavy atom. The summed E-state index contributed by atoms with van der Waals surface area (Å²) in [7, 11) is 0. The fourth-order valence-corrected chi connectivity index (χ4v) is 1.71. The highest BCUT2D eigenvalue weighted by atomic mass is 32.1. The summed E-state index contributed by atoms with van der Waals surface area (Å²) < 4.78 is 0. The van der Waals surface area contributed by atoms with Gasteiger partial charge in [-0.1, -0.05) is 6.92 Å². The van der Waals surface area contributed by atoms with Gasteiger partial charge in [-0.25, -0.2) is 4.98 Å². The molecule has 3 heteroatoms. The molecule has 0 aliphatic carbocycles. The van der Waals surface area contributed by atoms with E-state index in [1.807, 2.05) is 6.92 Å². The van der Waals surface area contributed by atoms with Gasteiger partial charge in [-0.3, -0.25) is 0 Å². The minimum atomic E-state index is 0.340. The lowest BCUT2D eigenvalue weighted by Crippen LogP contribution is -2.19. The highest BCUT2D eigenvalue weighted by molar-refractivity contribution is 7.09. The molecule has 0 aromatic carbocycles. The van der Waals surface area contributed by atoms with Gasteiger partial charge in [-0.2, -0.15) is 0 Å². The minimum absolute atomic E-state index is 0.340. The monoisotopic (exact) mass is 184 g/mol. The average Bonchev–Trinajstić information content (AvgIpc) is 2.47. The van der Waals surface area contributed by atoms with Crippen LogP contribution in [0.2, 0.25) is 0 Å². The third-order valence-corrected chi connectivity index (χ3v) is 2.78. The van der Waals surface area contributed by atoms with Crippen LogP contribution < -0.4 is 5.73 Å². The molecular formula is C9H16N2S. The molecular weight excluding hydrogens is 168 g/mol. The summed E-state index contributed by atoms with van der Waals surface area (Å²) in [6.07, 6.45) is 3.14. The second-order valence-electron chi connectivity index (χ2n) is 3.06. The summed E-state index contributed by atoms with van der Waals surface area (Å²) in [5, 5.41) is 3.27. The molecule has 1 aromatic heterocycles. The SMILES string of the molecule is CCC(N)CCc1csc(C)n1. The van der Waals surface area contributed by atoms with Crippen LogP contribution in [0, 0.1) is 6.92 Å². The van der Waals surface area contributed by atoms with E-state index in [0.717, 1.165) is 24.3 Å². The van der Waals surface area contributed by atoms with E-state index in [1.165, 1.54) is 5.69 Å². The van der Waals surface area contributed by atoms with E-state index >= 15 is 0 Å². The molecule has 12 heavy (non-hydrogen) atoms. The zero-order valence-corrected chi connectivity index (χ0v) is 8.53. The Morgan fingerprint density at radius 1 is 1.67 bits per heavy atom. The highest BCUT2D eigenvalue weighted by Gasteiger charge is 2.02. The third-order valence-electron chi connectivity index (χ3n) is 1.96. The first-order valence-corrected chi connectivity index (χ1v) is 5.27. The van der Waals surface area contributed by atoms with Crippen LogP contribution in [-0.2, 0) is 6.42 Å². The molecule has 0 aliphatic rings. The summed E-state index contributed by atoms with van der Waals surface area (Å²) in [4.78, 5) is 4.38. The Hall–Kier alpha value is -0.410. The van der Waals surface area contributed by atoms with Crippen LogP contribution in [0.1, 0.15) is 30.5 Å². The Bertz CT molecular complexity index is 232. The number of nitrogens with zero attached hydrogens (tertiary/aromatic N) is 1. The summed E-state index contributed by atoms with van der Waals surface area (Å²) >= 11 is 1.71. The number of thiazole rings is 1. The Kier molecular flexibility index (Phi) is 3.69. The van der Waals surface area contributed by atoms with Crippen molar-refractivity contribution < 1.29 is 0 Å². The second-order valence-corrected chi connectivity index (χ2v) is 4.13. The zero-order valence-electron chi connectivity index (χ0n) is 7.71. The van der Waals surface area contributed by atoms with E-state index in [9.17, 15) is 0 Å². The van der Waals surface area contributed by atoms with Gasteiger partial charge in [0.05, 0.1) is 10.7 Å². The lowest BCUT2D eigenvalue weighted by molar-refractivity contribution is 0.592. The predicted octanol–water partition coefficient (Wildman–Crippen LogP) is 2.12. The van der Waals surface area contributed by atoms with Gasteiger partial charge in [0.15, 0.2) is 0 Å². The van der Waals surface area contributed by atoms with Crippen molar-refractivity contribution in [2.45, 2.75) is 39.2 Å². The first-order chi connectivity index (χ1) is 5.72. The van der Waals surface area contributed by atoms with Crippen molar-refractivity contribution in [3.05, 3.63) is 16.1 Å². The molecule has 1 heterocycles. The van der Waals surface area contributed by atoms with Crippen molar-refractivity contribution in [1.29, 1.82) is 0 Å². The van der Waals surface area contributed by atoms with Crippen molar-refractivity contribution in [2.75, 3.05) is 0 Å². The van der Waals surface area contributed by atoms with Gasteiger partial charge < -0.3 is 5.73 Å². The van der Waals surface area contributed by atoms with Crippen molar-refractivity contribution in [1.82, 2.24) is 4.98 Å². The molecule has 1 unspecified atom stereocenters. The van der Waals surface area contributed by atoms with E-state index in [-0.39, 0.29) is 0 Å². The van der Waals surface area contributed by atoms with Crippen molar-refractivity contribution in [3.63, 3.8) is 0 Å². The van der Waals surface area contributed by atoms with Crippen LogP contribution >= 0.6 is 11.3 Å². The van der Waals surface area contributed by atoms with Gasteiger partial charge in [0.25, 0.3) is 0 Å². The fourth-order valence-electron chi connectivity index (χ4n) is 1.06. The molecule has 2 nitrogen and oxygen atoms in total. The lowest BCUT2D eigenvalue weighted by atomic mass is 10.1. The number of hydrogen-bond acceptors (Lipinski definition) is 3. The molecule has 0 saturated carbocycles. The van der Waals surface area contributed by atoms with Crippen LogP contribution in [0.4, 0.5) is 0 Å². The smallest absolute Gasteiger partial charge is 0.0897 e. The molecule has 0 fully saturated rings. The summed E-state index contributed by atoms with van der Waals surface area (Å²) in [5.74, 6) is 0. The van der Waals surface area contributed by atoms with Gasteiger partial charge in [-0.05, 0) is 26.2 Å². The van der Waals surface area contributed by atoms with E-state index in [1.54, 1.807) is 11.3 Å². The van der Waals surface area contributed by atoms with Crippen LogP contribution in [-0.4, -0.2) is 11.0 Å². The van der Waals surface area contributed by atoms with Gasteiger partial charge >= 0.3 is 0 Å². The Balaban J connectivity index is 2.33. The van der Waals surface area contributed by atoms with Gasteiger partial charge in [0, 0.05) is 11.4 Å². The zero-order chi connectivity index (χ0) is 8.97. The normalized spacial score (nSPS) is 13.2. The lowest BCUT2D eigenvalue weighted by Gasteiger charge is -2.05. The van der Waals surface area contributed by atoms with Crippen LogP contribution in [0.25, 0.3) is 0 Å². The van der Waals surface area contributed by atoms with Crippen molar-refractivity contribution in [3.8, 4) is 0 Å². The molecule has 68 valence electrons. The van der Waals surface area contributed by atoms with E-state index in [2.05, 4.69) is 17.3 Å². The maximum atomic E-state index is 5.80. The topological polar surface area (TPSA) is 38.9 Å². The molecule has 1 atom stereocenters. The molecule has 0 radical (unpaired) electrons. The number of aromatic nitrogens is 1. The fraction of sp³-hybridized carbons (Fsp3) is 0.667. The molecule has 0 bridgehead atoms. The first-order valence-electron chi connectivity index (χ1n) is 4.39. The summed E-state index contributed by atoms with van der Waals surface area (Å²) in [6, 6.07) is 0.340. The molecule has 0 amide bonds. The Labute approximate surface area is 77.8 Å². The first kappa shape index (κ1) is 9.68. The second kappa shape index (κ2) is 4.58. The highest BCUT2D eigenvalue weighted by Crippen LogP contribution is 2.10. The standard InChI is InChI=1S/C9H16N2S/c1-3-8(10)4-5-9-6-12-7(2)11-9/h6,8H,3-5,10H2,1-2H3. The largest absolute Gasteiger partial charge is 0.328 e. The van der Waals surface area contributed by atoms with Crippen molar-refractivity contribution >= 4 is 11.3 Å². The summed E-state index contributed by atoms with van der Waals surface area (Å²) in [5.41, 5.74) is 7.00. The van der Waals surface area contributed by atoms with Crippen molar-refractivity contribution in [2.24, 2.45) is 5.73 Å². The maximum absolute atomic E-state index is 5.80. The molecule has 0 spiro atoms. The minimum Gasteiger partial charge on any atom is -0.328 e. The van der Waals surface area contributed by atoms with Gasteiger partial charge in [-0.15, -0.1) is 11.3 Å². The van der Waals surface area contributed by atoms with Crippen LogP contribution in [0.3, 0.4) is 0 Å². The molecule has 1 rings (SSSR count). The van der Waals surface area contributed by atoms with Crippen LogP contribution in [0.5, 0.6) is 0 Å². The molecule has 0 saturated heterocycles. The quantitative estimate of drug-likeness (QED) is 0.778. The third kappa shape index (κ3) is 2.91. The van der Waals surface area contributed by atoms with Gasteiger partial charge in [0.2, 0.25) is 0 Å². The molecule has 1 aromatic rings. The number of hydrogen-bond donors (Lipinski definition) is 1. The maximum Gasteiger partial charge on any atom is 0.0897 e. The number of aryl methyl sites for hydroxylation is 2. The van der Waals surface area contributed by atoms with Crippen LogP contribution in [0.15, 0.2) is 5.38 Å². The van der Waals surface area contributed by atoms with E-state index in [4.69, 9.17) is 5.73 Å². The molecule has 2 N–H and O–H groups in total. The molecule has 0 aliphatic heterocycles. The number of nitrogens with two attached hydrogens (primary N) is 1. The number of rotatable bonds is 4. The Morgan fingerprint density at radius 2 is 2.42 bits per heavy atom. The average molecular weight is 184 g/mol. The van der Waals surface area contributed by atoms with Gasteiger partial charge in [0.1, 0.15) is 0 Å². The predicted molar refractivity (Wildman–Crippen MR) is 53.4 cm³/mol. The summed E-state index contributed by atoms with van der Waals surface area (Å²) in [6.45, 7) is 4.16. The van der Waals surface area contributed by atoms with E-state index < -0.39 is 0 Å².